The number of carbonyl (C=O) groups is 2. The number of fused-ring (bicyclic) bond motifs is 10. The number of aryl methyl sites for hydroxylation is 2. The summed E-state index contributed by atoms with van der Waals surface area (Å²) in [5.41, 5.74) is 0.929. The first-order chi connectivity index (χ1) is 43.1. The Morgan fingerprint density at radius 3 is 1.14 bits per heavy atom. The van der Waals surface area contributed by atoms with Crippen molar-refractivity contribution in [1.29, 1.82) is 0 Å². The maximum atomic E-state index is 13.4. The van der Waals surface area contributed by atoms with E-state index in [-0.39, 0.29) is 36.0 Å². The monoisotopic (exact) mass is 1280 g/mol. The van der Waals surface area contributed by atoms with E-state index in [1.165, 1.54) is 82.1 Å². The Labute approximate surface area is 605 Å². The van der Waals surface area contributed by atoms with E-state index in [1.807, 2.05) is 40.3 Å². The lowest BCUT2D eigenvalue weighted by molar-refractivity contribution is -0.182. The molecule has 1 amide bonds. The predicted octanol–water partition coefficient (Wildman–Crippen LogP) is -0.177. The highest BCUT2D eigenvalue weighted by atomic mass is 79.9. The summed E-state index contributed by atoms with van der Waals surface area (Å²) >= 11 is 3.25. The molecular weight excluding hydrogens is 1190 g/mol. The van der Waals surface area contributed by atoms with Gasteiger partial charge in [-0.05, 0) is 214 Å². The molecule has 0 bridgehead atoms. The molecule has 32 radical (unpaired) electrons. The maximum absolute atomic E-state index is 13.4. The van der Waals surface area contributed by atoms with E-state index in [2.05, 4.69) is 53.8 Å². The van der Waals surface area contributed by atoms with E-state index in [0.29, 0.717) is 40.3 Å². The molecule has 2 heterocycles. The number of rotatable bonds is 17. The molecule has 10 nitrogen and oxygen atoms in total. The molecule has 2 N–H and O–H groups in total. The normalized spacial score (nSPS) is 33.8. The van der Waals surface area contributed by atoms with Gasteiger partial charge in [0.1, 0.15) is 0 Å². The Kier molecular flexibility index (Phi) is 29.2. The number of nitrogens with zero attached hydrogens (tertiary/aromatic N) is 5. The number of Topliss-reactive ketones (excluding diaryl/α,β-unsaturated/α-hetero) is 1. The third kappa shape index (κ3) is 17.6. The molecule has 0 spiro atoms. The van der Waals surface area contributed by atoms with Crippen LogP contribution < -0.4 is 0 Å². The summed E-state index contributed by atoms with van der Waals surface area (Å²) < 4.78 is 4.51. The van der Waals surface area contributed by atoms with Crippen LogP contribution in [-0.2, 0) is 23.7 Å². The molecule has 41 heteroatoms. The van der Waals surface area contributed by atoms with Crippen molar-refractivity contribution in [3.63, 3.8) is 0 Å². The standard InChI is InChI=1S/C25H38N2O2.C23H39NO3.C4H5BrN2.CH4.B30/c1-23(29)11-12-24(2)17(13-23)5-6-18-19-7-8-21(25(19,3)10-9-20(18)24)22(28)16-14-26-27(4)15-16;1-21(26)12-13-22(2)15(14-21)6-7-16-17-8-9-19(20(25)24(4)27-5)23(17,3)11-10-18(16)22;1-7-3-4(5)2-6-7;;1-17(2)25(18(3)4)29(26(19(5)6)20(7)8)30(27(21(9)10)22(11)12)28(23(13)14)24(15)16/h14-15,17-21,29H,5-13H2,1-4H3;15-19,26H,6-14H2,1-5H3;2-3H,1H3;1H4;/t17-,18-,19-,20-,21+,23+,24-,25-;15-,16-,17-,18-,19+,21+,22-,23-;;;/m00.../s1. The molecule has 16 atom stereocenters. The van der Waals surface area contributed by atoms with Crippen molar-refractivity contribution < 1.29 is 24.6 Å². The van der Waals surface area contributed by atoms with Gasteiger partial charge in [-0.15, -0.1) is 0 Å². The smallest absolute Gasteiger partial charge is 0.249 e. The molecule has 0 aromatic carbocycles. The zero-order chi connectivity index (χ0) is 69.6. The van der Waals surface area contributed by atoms with Crippen molar-refractivity contribution in [2.24, 2.45) is 94.9 Å². The SMILES string of the molecule is C.CON(C)C(=O)[C@H]1CC[C@H]2[C@@H]3CC[C@H]4C[C@](C)(O)CC[C@]4(C)[C@H]3CC[C@]12C.Cn1cc(Br)cn1.Cn1cc(C(=O)[C@H]2CC[C@H]3[C@@H]4CC[C@H]5C[C@](C)(O)CC[C@]5(C)[C@H]4CC[C@]23C)cn1.[B]B([B])B(B([B])[B])B(B(B([B])[B])B([B])[B])B(B(B([B])[B])B([B])[B])B(B([B])[B])B([B])[B]. The lowest BCUT2D eigenvalue weighted by Crippen LogP contribution is -2.88. The van der Waals surface area contributed by atoms with E-state index < -0.39 is 101 Å². The molecular formula is C53H86B30BrN5O5. The van der Waals surface area contributed by atoms with Crippen molar-refractivity contribution in [2.75, 3.05) is 14.2 Å². The maximum Gasteiger partial charge on any atom is 0.249 e. The van der Waals surface area contributed by atoms with Gasteiger partial charge >= 0.3 is 0 Å². The van der Waals surface area contributed by atoms with E-state index in [1.54, 1.807) is 35.9 Å². The van der Waals surface area contributed by atoms with Crippen LogP contribution in [0.4, 0.5) is 0 Å². The van der Waals surface area contributed by atoms with E-state index in [4.69, 9.17) is 129 Å². The van der Waals surface area contributed by atoms with Crippen LogP contribution in [0.15, 0.2) is 29.3 Å². The van der Waals surface area contributed by atoms with Crippen molar-refractivity contribution in [3.05, 3.63) is 34.8 Å². The van der Waals surface area contributed by atoms with Crippen molar-refractivity contribution >= 4 is 241 Å². The van der Waals surface area contributed by atoms with Gasteiger partial charge in [-0.25, -0.2) is 5.06 Å². The largest absolute Gasteiger partial charge is 0.390 e. The van der Waals surface area contributed by atoms with Crippen LogP contribution in [0.25, 0.3) is 0 Å². The molecule has 8 saturated carbocycles. The van der Waals surface area contributed by atoms with Crippen LogP contribution in [-0.4, -0.2) is 285 Å². The first kappa shape index (κ1) is 82.8. The number of hydrogen-bond donors (Lipinski definition) is 2. The second kappa shape index (κ2) is 33.1. The van der Waals surface area contributed by atoms with E-state index >= 15 is 0 Å². The number of hydrogen-bond acceptors (Lipinski definition) is 7. The van der Waals surface area contributed by atoms with Gasteiger partial charge in [0.05, 0.1) is 40.7 Å². The molecule has 0 saturated heterocycles. The van der Waals surface area contributed by atoms with Crippen molar-refractivity contribution in [2.45, 2.75) is 176 Å². The summed E-state index contributed by atoms with van der Waals surface area (Å²) in [5.74, 6) is 6.58. The van der Waals surface area contributed by atoms with Gasteiger partial charge in [0.25, 0.3) is 0 Å². The van der Waals surface area contributed by atoms with Crippen LogP contribution in [0, 0.1) is 80.8 Å². The van der Waals surface area contributed by atoms with Crippen LogP contribution >= 0.6 is 15.9 Å². The fraction of sp³-hybridized carbons (Fsp3) is 0.849. The van der Waals surface area contributed by atoms with Crippen LogP contribution in [0.1, 0.15) is 175 Å². The topological polar surface area (TPSA) is 123 Å². The van der Waals surface area contributed by atoms with Gasteiger partial charge in [-0.1, -0.05) is 35.1 Å². The highest BCUT2D eigenvalue weighted by Crippen LogP contribution is 2.70. The van der Waals surface area contributed by atoms with Crippen LogP contribution in [0.3, 0.4) is 0 Å². The first-order valence-electron chi connectivity index (χ1n) is 34.7. The number of amides is 1. The number of aromatic nitrogens is 4. The molecule has 10 rings (SSSR count). The lowest BCUT2D eigenvalue weighted by Gasteiger charge is -2.61. The molecule has 450 valence electrons. The highest BCUT2D eigenvalue weighted by Gasteiger charge is 2.64. The van der Waals surface area contributed by atoms with Gasteiger partial charge in [0.2, 0.25) is 5.91 Å². The molecule has 0 unspecified atom stereocenters. The Morgan fingerprint density at radius 2 is 0.830 bits per heavy atom. The van der Waals surface area contributed by atoms with Gasteiger partial charge in [-0.2, -0.15) is 10.2 Å². The third-order valence-corrected chi connectivity index (χ3v) is 27.0. The zero-order valence-corrected chi connectivity index (χ0v) is 59.5. The number of aliphatic hydroxyl groups is 2. The van der Waals surface area contributed by atoms with Crippen molar-refractivity contribution in [3.8, 4) is 0 Å². The Bertz CT molecular complexity index is 2650. The first-order valence-corrected chi connectivity index (χ1v) is 35.4. The summed E-state index contributed by atoms with van der Waals surface area (Å²) in [4.78, 5) is 31.5. The van der Waals surface area contributed by atoms with Gasteiger partial charge in [-0.3, -0.25) is 23.8 Å². The zero-order valence-electron chi connectivity index (χ0n) is 57.9. The third-order valence-electron chi connectivity index (χ3n) is 26.5. The highest BCUT2D eigenvalue weighted by molar-refractivity contribution is 9.10. The Hall–Kier alpha value is -0.132. The summed E-state index contributed by atoms with van der Waals surface area (Å²) in [5, 5.41) is 30.9. The molecule has 2 aromatic heterocycles. The molecule has 0 aliphatic heterocycles. The van der Waals surface area contributed by atoms with Crippen LogP contribution in [0.2, 0.25) is 0 Å². The number of ketones is 1. The average Bonchev–Trinajstić information content (AvgIpc) is 1.38. The molecule has 2 aromatic rings. The number of hydroxylamine groups is 2. The quantitative estimate of drug-likeness (QED) is 0.128. The van der Waals surface area contributed by atoms with E-state index in [0.717, 1.165) is 72.2 Å². The minimum Gasteiger partial charge on any atom is -0.390 e. The summed E-state index contributed by atoms with van der Waals surface area (Å²) in [6.45, 7) is 14.0. The Morgan fingerprint density at radius 1 is 0.489 bits per heavy atom. The molecule has 94 heavy (non-hydrogen) atoms. The summed E-state index contributed by atoms with van der Waals surface area (Å²) in [6, 6.07) is 0. The second-order valence-electron chi connectivity index (χ2n) is 32.3. The summed E-state index contributed by atoms with van der Waals surface area (Å²) in [7, 11) is 103. The predicted molar refractivity (Wildman–Crippen MR) is 429 cm³/mol. The number of halogens is 1. The van der Waals surface area contributed by atoms with Gasteiger partial charge in [0, 0.05) is 259 Å². The molecule has 8 aliphatic carbocycles. The Balaban J connectivity index is 0.000000211. The number of carbonyl (C=O) groups excluding carboxylic acids is 2. The lowest BCUT2D eigenvalue weighted by atomic mass is 8.31. The fourth-order valence-electron chi connectivity index (χ4n) is 21.8. The second-order valence-corrected chi connectivity index (χ2v) is 33.2. The summed E-state index contributed by atoms with van der Waals surface area (Å²) in [6.07, 6.45) is 14.3. The minimum atomic E-state index is -1.07. The van der Waals surface area contributed by atoms with Crippen LogP contribution in [0.5, 0.6) is 0 Å². The molecule has 8 fully saturated rings. The van der Waals surface area contributed by atoms with Crippen molar-refractivity contribution in [1.82, 2.24) is 24.6 Å². The average molecular weight is 1280 g/mol. The van der Waals surface area contributed by atoms with Gasteiger partial charge in [0.15, 0.2) is 5.78 Å². The van der Waals surface area contributed by atoms with E-state index in [9.17, 15) is 19.8 Å². The molecule has 8 aliphatic rings. The fourth-order valence-corrected chi connectivity index (χ4v) is 22.2. The van der Waals surface area contributed by atoms with Gasteiger partial charge < -0.3 is 10.2 Å². The minimum absolute atomic E-state index is 0.